The Morgan fingerprint density at radius 2 is 1.20 bits per heavy atom. The van der Waals surface area contributed by atoms with Crippen LogP contribution in [0.5, 0.6) is 17.2 Å². The maximum atomic E-state index is 12.7. The molecule has 9 heteroatoms. The summed E-state index contributed by atoms with van der Waals surface area (Å²) in [6, 6.07) is 24.2. The molecule has 4 aromatic rings. The van der Waals surface area contributed by atoms with Gasteiger partial charge in [0.2, 0.25) is 0 Å². The standard InChI is InChI=1S/C35H35N2O7/c1-4-33(38)42-24-6-5-23-41-30-13-11-28(12-14-30)35(40)44-32-17-15-31(16-18-32)43-34(39)27-9-7-26(8-10-27)25-37-21-19-29(20-22-37)36(2)3/h4,7-22H,1,5-6,23-25H2,2-3H3/q+1. The summed E-state index contributed by atoms with van der Waals surface area (Å²) in [7, 11) is 4.00. The molecule has 44 heavy (non-hydrogen) atoms. The average Bonchev–Trinajstić information content (AvgIpc) is 3.04. The van der Waals surface area contributed by atoms with Gasteiger partial charge in [-0.25, -0.2) is 19.0 Å². The highest BCUT2D eigenvalue weighted by Crippen LogP contribution is 2.21. The van der Waals surface area contributed by atoms with Crippen molar-refractivity contribution in [3.63, 3.8) is 0 Å². The molecule has 0 aliphatic carbocycles. The molecule has 0 saturated carbocycles. The van der Waals surface area contributed by atoms with E-state index in [9.17, 15) is 14.4 Å². The Morgan fingerprint density at radius 1 is 0.705 bits per heavy atom. The lowest BCUT2D eigenvalue weighted by molar-refractivity contribution is -0.688. The van der Waals surface area contributed by atoms with Crippen LogP contribution < -0.4 is 23.7 Å². The summed E-state index contributed by atoms with van der Waals surface area (Å²) >= 11 is 0. The summed E-state index contributed by atoms with van der Waals surface area (Å²) in [6.07, 6.45) is 6.54. The zero-order chi connectivity index (χ0) is 31.3. The number of esters is 3. The molecule has 0 aliphatic rings. The molecule has 1 aromatic heterocycles. The van der Waals surface area contributed by atoms with Crippen molar-refractivity contribution in [2.75, 3.05) is 32.2 Å². The number of ether oxygens (including phenoxy) is 4. The number of hydrogen-bond donors (Lipinski definition) is 0. The normalized spacial score (nSPS) is 10.4. The number of pyridine rings is 1. The Hall–Kier alpha value is -5.44. The van der Waals surface area contributed by atoms with E-state index in [1.54, 1.807) is 60.7 Å². The van der Waals surface area contributed by atoms with E-state index in [-0.39, 0.29) is 0 Å². The molecule has 0 saturated heterocycles. The Balaban J connectivity index is 1.21. The lowest BCUT2D eigenvalue weighted by Gasteiger charge is -2.10. The average molecular weight is 596 g/mol. The Morgan fingerprint density at radius 3 is 1.73 bits per heavy atom. The minimum Gasteiger partial charge on any atom is -0.494 e. The highest BCUT2D eigenvalue weighted by molar-refractivity contribution is 5.92. The van der Waals surface area contributed by atoms with Gasteiger partial charge < -0.3 is 23.8 Å². The van der Waals surface area contributed by atoms with E-state index < -0.39 is 17.9 Å². The highest BCUT2D eigenvalue weighted by atomic mass is 16.5. The van der Waals surface area contributed by atoms with Crippen LogP contribution in [0.2, 0.25) is 0 Å². The highest BCUT2D eigenvalue weighted by Gasteiger charge is 2.12. The molecular formula is C35H35N2O7+. The molecule has 0 aliphatic heterocycles. The van der Waals surface area contributed by atoms with E-state index >= 15 is 0 Å². The number of benzene rings is 3. The van der Waals surface area contributed by atoms with E-state index in [0.717, 1.165) is 17.3 Å². The van der Waals surface area contributed by atoms with Crippen LogP contribution >= 0.6 is 0 Å². The molecule has 0 bridgehead atoms. The first kappa shape index (κ1) is 31.5. The summed E-state index contributed by atoms with van der Waals surface area (Å²) in [6.45, 7) is 4.78. The predicted octanol–water partition coefficient (Wildman–Crippen LogP) is 5.42. The monoisotopic (exact) mass is 595 g/mol. The number of rotatable bonds is 14. The number of unbranched alkanes of at least 4 members (excludes halogenated alkanes) is 1. The van der Waals surface area contributed by atoms with Crippen molar-refractivity contribution in [3.05, 3.63) is 127 Å². The summed E-state index contributed by atoms with van der Waals surface area (Å²) in [5.41, 5.74) is 2.96. The van der Waals surface area contributed by atoms with Crippen LogP contribution in [-0.4, -0.2) is 45.2 Å². The predicted molar refractivity (Wildman–Crippen MR) is 165 cm³/mol. The van der Waals surface area contributed by atoms with Crippen LogP contribution in [0, 0.1) is 0 Å². The number of carbonyl (C=O) groups excluding carboxylic acids is 3. The van der Waals surface area contributed by atoms with Crippen LogP contribution in [0.25, 0.3) is 0 Å². The van der Waals surface area contributed by atoms with Crippen molar-refractivity contribution >= 4 is 23.6 Å². The molecule has 3 aromatic carbocycles. The van der Waals surface area contributed by atoms with Crippen LogP contribution in [-0.2, 0) is 16.1 Å². The van der Waals surface area contributed by atoms with Crippen molar-refractivity contribution in [3.8, 4) is 17.2 Å². The first-order chi connectivity index (χ1) is 21.3. The van der Waals surface area contributed by atoms with E-state index in [1.807, 2.05) is 55.7 Å². The van der Waals surface area contributed by atoms with Gasteiger partial charge >= 0.3 is 17.9 Å². The quantitative estimate of drug-likeness (QED) is 0.0628. The molecule has 4 rings (SSSR count). The zero-order valence-corrected chi connectivity index (χ0v) is 24.8. The first-order valence-corrected chi connectivity index (χ1v) is 14.1. The van der Waals surface area contributed by atoms with Gasteiger partial charge in [0.25, 0.3) is 0 Å². The van der Waals surface area contributed by atoms with Gasteiger partial charge in [-0.2, -0.15) is 0 Å². The molecule has 0 amide bonds. The third-order valence-corrected chi connectivity index (χ3v) is 6.50. The second-order valence-corrected chi connectivity index (χ2v) is 10.0. The lowest BCUT2D eigenvalue weighted by Crippen LogP contribution is -2.33. The first-order valence-electron chi connectivity index (χ1n) is 14.1. The Bertz CT molecular complexity index is 1550. The topological polar surface area (TPSA) is 95.2 Å². The molecule has 226 valence electrons. The third kappa shape index (κ3) is 9.55. The van der Waals surface area contributed by atoms with Gasteiger partial charge in [-0.1, -0.05) is 18.7 Å². The van der Waals surface area contributed by atoms with Crippen LogP contribution in [0.3, 0.4) is 0 Å². The molecule has 0 N–H and O–H groups in total. The lowest BCUT2D eigenvalue weighted by atomic mass is 10.1. The molecule has 0 radical (unpaired) electrons. The second kappa shape index (κ2) is 15.7. The molecule has 1 heterocycles. The van der Waals surface area contributed by atoms with Crippen LogP contribution in [0.1, 0.15) is 39.1 Å². The summed E-state index contributed by atoms with van der Waals surface area (Å²) in [5, 5.41) is 0. The smallest absolute Gasteiger partial charge is 0.343 e. The van der Waals surface area contributed by atoms with Gasteiger partial charge in [0.1, 0.15) is 17.2 Å². The van der Waals surface area contributed by atoms with E-state index in [4.69, 9.17) is 18.9 Å². The summed E-state index contributed by atoms with van der Waals surface area (Å²) in [5.74, 6) is -0.203. The SMILES string of the molecule is C=CC(=O)OCCCCOc1ccc(C(=O)Oc2ccc(OC(=O)c3ccc(C[n+]4ccc(N(C)C)cc4)cc3)cc2)cc1. The van der Waals surface area contributed by atoms with Crippen LogP contribution in [0.15, 0.2) is 110 Å². The van der Waals surface area contributed by atoms with E-state index in [0.29, 0.717) is 61.0 Å². The zero-order valence-electron chi connectivity index (χ0n) is 24.8. The van der Waals surface area contributed by atoms with Gasteiger partial charge in [0.05, 0.1) is 24.3 Å². The Labute approximate surface area is 256 Å². The van der Waals surface area contributed by atoms with Crippen molar-refractivity contribution in [2.45, 2.75) is 19.4 Å². The van der Waals surface area contributed by atoms with Gasteiger partial charge in [-0.15, -0.1) is 0 Å². The van der Waals surface area contributed by atoms with Gasteiger partial charge in [0.15, 0.2) is 18.9 Å². The Kier molecular flexibility index (Phi) is 11.2. The third-order valence-electron chi connectivity index (χ3n) is 6.50. The van der Waals surface area contributed by atoms with Crippen molar-refractivity contribution in [1.29, 1.82) is 0 Å². The van der Waals surface area contributed by atoms with E-state index in [1.165, 1.54) is 0 Å². The minimum atomic E-state index is -0.530. The van der Waals surface area contributed by atoms with E-state index in [2.05, 4.69) is 11.1 Å². The number of carbonyl (C=O) groups is 3. The summed E-state index contributed by atoms with van der Waals surface area (Å²) < 4.78 is 23.6. The fourth-order valence-electron chi connectivity index (χ4n) is 4.03. The van der Waals surface area contributed by atoms with Gasteiger partial charge in [0, 0.05) is 43.6 Å². The maximum absolute atomic E-state index is 12.7. The second-order valence-electron chi connectivity index (χ2n) is 10.0. The fourth-order valence-corrected chi connectivity index (χ4v) is 4.03. The van der Waals surface area contributed by atoms with Crippen molar-refractivity contribution in [1.82, 2.24) is 0 Å². The number of aromatic nitrogens is 1. The van der Waals surface area contributed by atoms with Crippen LogP contribution in [0.4, 0.5) is 5.69 Å². The number of anilines is 1. The van der Waals surface area contributed by atoms with Crippen molar-refractivity contribution in [2.24, 2.45) is 0 Å². The fraction of sp³-hybridized carbons (Fsp3) is 0.200. The van der Waals surface area contributed by atoms with Gasteiger partial charge in [-0.05, 0) is 73.5 Å². The number of hydrogen-bond acceptors (Lipinski definition) is 8. The largest absolute Gasteiger partial charge is 0.494 e. The summed E-state index contributed by atoms with van der Waals surface area (Å²) in [4.78, 5) is 38.3. The van der Waals surface area contributed by atoms with Crippen molar-refractivity contribution < 1.29 is 37.9 Å². The van der Waals surface area contributed by atoms with Gasteiger partial charge in [-0.3, -0.25) is 0 Å². The molecule has 0 atom stereocenters. The molecule has 0 spiro atoms. The molecule has 0 fully saturated rings. The minimum absolute atomic E-state index is 0.309. The molecule has 9 nitrogen and oxygen atoms in total. The number of nitrogens with zero attached hydrogens (tertiary/aromatic N) is 2. The molecular weight excluding hydrogens is 560 g/mol. The maximum Gasteiger partial charge on any atom is 0.343 e. The molecule has 0 unspecified atom stereocenters.